The lowest BCUT2D eigenvalue weighted by Gasteiger charge is -2.08. The van der Waals surface area contributed by atoms with Crippen LogP contribution in [-0.2, 0) is 6.54 Å². The van der Waals surface area contributed by atoms with Gasteiger partial charge in [0.2, 0.25) is 0 Å². The van der Waals surface area contributed by atoms with E-state index in [4.69, 9.17) is 0 Å². The van der Waals surface area contributed by atoms with Crippen LogP contribution in [0, 0.1) is 11.6 Å². The maximum absolute atomic E-state index is 13.1. The van der Waals surface area contributed by atoms with Crippen LogP contribution in [0.15, 0.2) is 48.8 Å². The van der Waals surface area contributed by atoms with Crippen molar-refractivity contribution in [3.63, 3.8) is 0 Å². The molecule has 0 aliphatic rings. The Balaban J connectivity index is 1.85. The normalized spacial score (nSPS) is 10.7. The van der Waals surface area contributed by atoms with Gasteiger partial charge < -0.3 is 5.32 Å². The molecule has 1 N–H and O–H groups in total. The minimum atomic E-state index is -0.850. The molecular formula is C15H11F2N3. The van der Waals surface area contributed by atoms with Gasteiger partial charge in [-0.15, -0.1) is 0 Å². The molecule has 0 spiro atoms. The van der Waals surface area contributed by atoms with Gasteiger partial charge in [-0.3, -0.25) is 0 Å². The molecule has 3 nitrogen and oxygen atoms in total. The van der Waals surface area contributed by atoms with Gasteiger partial charge in [-0.25, -0.2) is 18.7 Å². The van der Waals surface area contributed by atoms with Crippen LogP contribution in [0.2, 0.25) is 0 Å². The van der Waals surface area contributed by atoms with Gasteiger partial charge in [0.1, 0.15) is 12.1 Å². The van der Waals surface area contributed by atoms with Crippen LogP contribution in [0.4, 0.5) is 14.6 Å². The highest BCUT2D eigenvalue weighted by atomic mass is 19.2. The van der Waals surface area contributed by atoms with E-state index >= 15 is 0 Å². The van der Waals surface area contributed by atoms with E-state index in [9.17, 15) is 8.78 Å². The number of hydrogen-bond donors (Lipinski definition) is 1. The zero-order valence-electron chi connectivity index (χ0n) is 10.5. The average molecular weight is 271 g/mol. The van der Waals surface area contributed by atoms with Crippen LogP contribution >= 0.6 is 0 Å². The molecule has 0 bridgehead atoms. The van der Waals surface area contributed by atoms with E-state index in [0.29, 0.717) is 17.9 Å². The smallest absolute Gasteiger partial charge is 0.159 e. The first kappa shape index (κ1) is 12.5. The lowest BCUT2D eigenvalue weighted by atomic mass is 10.2. The second kappa shape index (κ2) is 5.21. The number of nitrogens with one attached hydrogen (secondary N) is 1. The number of nitrogens with zero attached hydrogens (tertiary/aromatic N) is 2. The minimum absolute atomic E-state index is 0.359. The maximum atomic E-state index is 13.1. The molecule has 0 radical (unpaired) electrons. The fourth-order valence-corrected chi connectivity index (χ4v) is 1.98. The standard InChI is InChI=1S/C15H11F2N3/c16-12-6-5-10(7-13(12)17)8-18-15-11-3-1-2-4-14(11)19-9-20-15/h1-7,9H,8H2,(H,18,19,20). The fourth-order valence-electron chi connectivity index (χ4n) is 1.98. The zero-order valence-corrected chi connectivity index (χ0v) is 10.5. The van der Waals surface area contributed by atoms with Gasteiger partial charge in [0.15, 0.2) is 11.6 Å². The van der Waals surface area contributed by atoms with Crippen molar-refractivity contribution < 1.29 is 8.78 Å². The molecule has 1 aromatic heterocycles. The Labute approximate surface area is 114 Å². The molecular weight excluding hydrogens is 260 g/mol. The highest BCUT2D eigenvalue weighted by molar-refractivity contribution is 5.88. The van der Waals surface area contributed by atoms with E-state index < -0.39 is 11.6 Å². The Kier molecular flexibility index (Phi) is 3.25. The van der Waals surface area contributed by atoms with E-state index in [2.05, 4.69) is 15.3 Å². The van der Waals surface area contributed by atoms with Crippen LogP contribution in [0.1, 0.15) is 5.56 Å². The summed E-state index contributed by atoms with van der Waals surface area (Å²) in [6, 6.07) is 11.4. The molecule has 0 aliphatic heterocycles. The number of para-hydroxylation sites is 1. The maximum Gasteiger partial charge on any atom is 0.159 e. The van der Waals surface area contributed by atoms with Crippen molar-refractivity contribution in [2.24, 2.45) is 0 Å². The van der Waals surface area contributed by atoms with Crippen molar-refractivity contribution in [1.82, 2.24) is 9.97 Å². The second-order valence-corrected chi connectivity index (χ2v) is 4.34. The number of fused-ring (bicyclic) bond motifs is 1. The number of halogens is 2. The third-order valence-corrected chi connectivity index (χ3v) is 2.99. The van der Waals surface area contributed by atoms with Gasteiger partial charge in [0.05, 0.1) is 5.52 Å². The molecule has 1 heterocycles. The molecule has 20 heavy (non-hydrogen) atoms. The summed E-state index contributed by atoms with van der Waals surface area (Å²) in [5, 5.41) is 4.00. The number of hydrogen-bond acceptors (Lipinski definition) is 3. The Morgan fingerprint density at radius 2 is 1.80 bits per heavy atom. The molecule has 0 unspecified atom stereocenters. The zero-order chi connectivity index (χ0) is 13.9. The van der Waals surface area contributed by atoms with Gasteiger partial charge in [-0.05, 0) is 29.8 Å². The summed E-state index contributed by atoms with van der Waals surface area (Å²) in [6.07, 6.45) is 1.47. The van der Waals surface area contributed by atoms with Crippen LogP contribution in [0.3, 0.4) is 0 Å². The lowest BCUT2D eigenvalue weighted by molar-refractivity contribution is 0.507. The van der Waals surface area contributed by atoms with Gasteiger partial charge in [-0.2, -0.15) is 0 Å². The molecule has 3 aromatic rings. The van der Waals surface area contributed by atoms with Crippen molar-refractivity contribution in [1.29, 1.82) is 0 Å². The van der Waals surface area contributed by atoms with Crippen molar-refractivity contribution in [3.8, 4) is 0 Å². The number of benzene rings is 2. The van der Waals surface area contributed by atoms with Gasteiger partial charge >= 0.3 is 0 Å². The quantitative estimate of drug-likeness (QED) is 0.792. The molecule has 100 valence electrons. The molecule has 0 atom stereocenters. The molecule has 2 aromatic carbocycles. The monoisotopic (exact) mass is 271 g/mol. The van der Waals surface area contributed by atoms with Gasteiger partial charge in [-0.1, -0.05) is 18.2 Å². The summed E-state index contributed by atoms with van der Waals surface area (Å²) in [5.74, 6) is -1.03. The summed E-state index contributed by atoms with van der Waals surface area (Å²) in [4.78, 5) is 8.33. The average Bonchev–Trinajstić information content (AvgIpc) is 2.48. The molecule has 3 rings (SSSR count). The van der Waals surface area contributed by atoms with E-state index in [1.54, 1.807) is 0 Å². The summed E-state index contributed by atoms with van der Waals surface area (Å²) >= 11 is 0. The molecule has 0 saturated carbocycles. The van der Waals surface area contributed by atoms with Crippen molar-refractivity contribution in [2.75, 3.05) is 5.32 Å². The summed E-state index contributed by atoms with van der Waals surface area (Å²) < 4.78 is 26.0. The Morgan fingerprint density at radius 1 is 0.950 bits per heavy atom. The van der Waals surface area contributed by atoms with Crippen LogP contribution in [0.25, 0.3) is 10.9 Å². The Hall–Kier alpha value is -2.56. The van der Waals surface area contributed by atoms with E-state index in [1.165, 1.54) is 18.5 Å². The van der Waals surface area contributed by atoms with Crippen LogP contribution < -0.4 is 5.32 Å². The number of aromatic nitrogens is 2. The predicted molar refractivity (Wildman–Crippen MR) is 73.2 cm³/mol. The Bertz CT molecular complexity index is 754. The molecule has 0 fully saturated rings. The van der Waals surface area contributed by atoms with Crippen molar-refractivity contribution >= 4 is 16.7 Å². The predicted octanol–water partition coefficient (Wildman–Crippen LogP) is 3.52. The highest BCUT2D eigenvalue weighted by Gasteiger charge is 2.05. The molecule has 5 heteroatoms. The first-order valence-electron chi connectivity index (χ1n) is 6.11. The highest BCUT2D eigenvalue weighted by Crippen LogP contribution is 2.19. The molecule has 0 amide bonds. The first-order valence-corrected chi connectivity index (χ1v) is 6.11. The first-order chi connectivity index (χ1) is 9.74. The van der Waals surface area contributed by atoms with Crippen molar-refractivity contribution in [3.05, 3.63) is 66.0 Å². The van der Waals surface area contributed by atoms with Crippen LogP contribution in [-0.4, -0.2) is 9.97 Å². The third-order valence-electron chi connectivity index (χ3n) is 2.99. The SMILES string of the molecule is Fc1ccc(CNc2ncnc3ccccc23)cc1F. The topological polar surface area (TPSA) is 37.8 Å². The third kappa shape index (κ3) is 2.42. The van der Waals surface area contributed by atoms with Crippen molar-refractivity contribution in [2.45, 2.75) is 6.54 Å². The molecule has 0 aliphatic carbocycles. The number of rotatable bonds is 3. The van der Waals surface area contributed by atoms with E-state index in [1.807, 2.05) is 24.3 Å². The summed E-state index contributed by atoms with van der Waals surface area (Å²) in [5.41, 5.74) is 1.47. The van der Waals surface area contributed by atoms with E-state index in [0.717, 1.165) is 17.0 Å². The van der Waals surface area contributed by atoms with Gasteiger partial charge in [0, 0.05) is 11.9 Å². The summed E-state index contributed by atoms with van der Waals surface area (Å²) in [6.45, 7) is 0.359. The Morgan fingerprint density at radius 3 is 2.65 bits per heavy atom. The van der Waals surface area contributed by atoms with Gasteiger partial charge in [0.25, 0.3) is 0 Å². The summed E-state index contributed by atoms with van der Waals surface area (Å²) in [7, 11) is 0. The minimum Gasteiger partial charge on any atom is -0.365 e. The number of anilines is 1. The second-order valence-electron chi connectivity index (χ2n) is 4.34. The molecule has 0 saturated heterocycles. The fraction of sp³-hybridized carbons (Fsp3) is 0.0667. The van der Waals surface area contributed by atoms with Crippen LogP contribution in [0.5, 0.6) is 0 Å². The van der Waals surface area contributed by atoms with E-state index in [-0.39, 0.29) is 0 Å². The lowest BCUT2D eigenvalue weighted by Crippen LogP contribution is -2.03. The largest absolute Gasteiger partial charge is 0.365 e.